The van der Waals surface area contributed by atoms with E-state index < -0.39 is 5.41 Å². The molecule has 4 nitrogen and oxygen atoms in total. The summed E-state index contributed by atoms with van der Waals surface area (Å²) in [7, 11) is 0. The van der Waals surface area contributed by atoms with E-state index in [0.717, 1.165) is 5.56 Å². The van der Waals surface area contributed by atoms with E-state index in [2.05, 4.69) is 5.32 Å². The topological polar surface area (TPSA) is 64.3 Å². The van der Waals surface area contributed by atoms with E-state index in [1.54, 1.807) is 12.1 Å². The van der Waals surface area contributed by atoms with Gasteiger partial charge in [0.05, 0.1) is 5.41 Å². The Morgan fingerprint density at radius 2 is 2.00 bits per heavy atom. The number of esters is 1. The van der Waals surface area contributed by atoms with E-state index >= 15 is 0 Å². The van der Waals surface area contributed by atoms with Crippen LogP contribution in [0.25, 0.3) is 0 Å². The highest BCUT2D eigenvalue weighted by Gasteiger charge is 2.37. The molecule has 5 heteroatoms. The van der Waals surface area contributed by atoms with Crippen molar-refractivity contribution in [3.63, 3.8) is 0 Å². The van der Waals surface area contributed by atoms with Gasteiger partial charge in [-0.25, -0.2) is 4.39 Å². The summed E-state index contributed by atoms with van der Waals surface area (Å²) in [4.78, 5) is 12.0. The molecule has 1 saturated heterocycles. The summed E-state index contributed by atoms with van der Waals surface area (Å²) < 4.78 is 18.5. The van der Waals surface area contributed by atoms with Crippen molar-refractivity contribution in [3.8, 4) is 0 Å². The van der Waals surface area contributed by atoms with Gasteiger partial charge in [-0.15, -0.1) is 0 Å². The normalized spacial score (nSPS) is 25.9. The number of ether oxygens (including phenoxy) is 1. The highest BCUT2D eigenvalue weighted by molar-refractivity contribution is 5.75. The van der Waals surface area contributed by atoms with Crippen molar-refractivity contribution in [3.05, 3.63) is 35.6 Å². The maximum atomic E-state index is 13.0. The van der Waals surface area contributed by atoms with Crippen LogP contribution >= 0.6 is 0 Å². The van der Waals surface area contributed by atoms with Crippen LogP contribution in [-0.2, 0) is 9.53 Å². The van der Waals surface area contributed by atoms with Gasteiger partial charge in [-0.2, -0.15) is 0 Å². The molecule has 1 aliphatic heterocycles. The minimum Gasteiger partial charge on any atom is -0.446 e. The summed E-state index contributed by atoms with van der Waals surface area (Å²) in [6, 6.07) is 6.32. The van der Waals surface area contributed by atoms with Gasteiger partial charge in [0, 0.05) is 12.5 Å². The fourth-order valence-electron chi connectivity index (χ4n) is 2.47. The van der Waals surface area contributed by atoms with E-state index in [0.29, 0.717) is 13.0 Å². The second-order valence-electron chi connectivity index (χ2n) is 6.57. The van der Waals surface area contributed by atoms with Crippen LogP contribution in [-0.4, -0.2) is 18.7 Å². The van der Waals surface area contributed by atoms with Crippen LogP contribution in [0.5, 0.6) is 0 Å². The fraction of sp³-hybridized carbons (Fsp3) is 0.562. The monoisotopic (exact) mass is 294 g/mol. The highest BCUT2D eigenvalue weighted by Crippen LogP contribution is 2.33. The Morgan fingerprint density at radius 3 is 2.52 bits per heavy atom. The van der Waals surface area contributed by atoms with Crippen molar-refractivity contribution >= 4 is 5.97 Å². The molecule has 3 N–H and O–H groups in total. The predicted octanol–water partition coefficient (Wildman–Crippen LogP) is 2.35. The van der Waals surface area contributed by atoms with Crippen LogP contribution in [0.3, 0.4) is 0 Å². The summed E-state index contributed by atoms with van der Waals surface area (Å²) in [5, 5.41) is 3.29. The van der Waals surface area contributed by atoms with Gasteiger partial charge in [-0.1, -0.05) is 12.1 Å². The van der Waals surface area contributed by atoms with Crippen LogP contribution in [0.15, 0.2) is 24.3 Å². The number of carbonyl (C=O) groups excluding carboxylic acids is 1. The molecule has 0 aliphatic carbocycles. The summed E-state index contributed by atoms with van der Waals surface area (Å²) in [6.45, 7) is 5.95. The van der Waals surface area contributed by atoms with Crippen molar-refractivity contribution in [2.75, 3.05) is 6.54 Å². The minimum atomic E-state index is -0.534. The number of nitrogens with two attached hydrogens (primary N) is 1. The first-order chi connectivity index (χ1) is 9.81. The van der Waals surface area contributed by atoms with Gasteiger partial charge < -0.3 is 10.5 Å². The molecule has 1 fully saturated rings. The molecule has 3 atom stereocenters. The Morgan fingerprint density at radius 1 is 1.38 bits per heavy atom. The number of rotatable bonds is 3. The lowest BCUT2D eigenvalue weighted by Crippen LogP contribution is -2.34. The van der Waals surface area contributed by atoms with Crippen molar-refractivity contribution < 1.29 is 13.9 Å². The summed E-state index contributed by atoms with van der Waals surface area (Å²) in [6.07, 6.45) is 0.320. The maximum absolute atomic E-state index is 13.0. The number of hydrogen-bond acceptors (Lipinski definition) is 4. The third kappa shape index (κ3) is 3.80. The Labute approximate surface area is 124 Å². The van der Waals surface area contributed by atoms with Gasteiger partial charge in [0.1, 0.15) is 5.82 Å². The fourth-order valence-corrected chi connectivity index (χ4v) is 2.47. The van der Waals surface area contributed by atoms with Crippen molar-refractivity contribution in [2.24, 2.45) is 17.1 Å². The summed E-state index contributed by atoms with van der Waals surface area (Å²) in [5.41, 5.74) is 6.24. The minimum absolute atomic E-state index is 0.0200. The third-order valence-electron chi connectivity index (χ3n) is 3.75. The molecule has 116 valence electrons. The van der Waals surface area contributed by atoms with Gasteiger partial charge in [0.15, 0.2) is 6.23 Å². The molecule has 0 spiro atoms. The van der Waals surface area contributed by atoms with E-state index in [1.165, 1.54) is 12.1 Å². The van der Waals surface area contributed by atoms with Crippen LogP contribution in [0, 0.1) is 17.2 Å². The Bertz CT molecular complexity index is 496. The van der Waals surface area contributed by atoms with Crippen molar-refractivity contribution in [2.45, 2.75) is 39.5 Å². The first-order valence-corrected chi connectivity index (χ1v) is 7.24. The zero-order chi connectivity index (χ0) is 15.6. The molecule has 1 heterocycles. The number of nitrogens with one attached hydrogen (secondary N) is 1. The van der Waals surface area contributed by atoms with E-state index in [9.17, 15) is 9.18 Å². The van der Waals surface area contributed by atoms with Gasteiger partial charge >= 0.3 is 5.97 Å². The highest BCUT2D eigenvalue weighted by atomic mass is 19.1. The second-order valence-corrected chi connectivity index (χ2v) is 6.57. The van der Waals surface area contributed by atoms with Gasteiger partial charge in [0.2, 0.25) is 0 Å². The van der Waals surface area contributed by atoms with E-state index in [1.807, 2.05) is 20.8 Å². The summed E-state index contributed by atoms with van der Waals surface area (Å²) >= 11 is 0. The van der Waals surface area contributed by atoms with Gasteiger partial charge in [0.25, 0.3) is 0 Å². The molecule has 21 heavy (non-hydrogen) atoms. The third-order valence-corrected chi connectivity index (χ3v) is 3.75. The molecule has 3 unspecified atom stereocenters. The Kier molecular flexibility index (Phi) is 4.64. The molecule has 0 saturated carbocycles. The zero-order valence-electron chi connectivity index (χ0n) is 12.7. The average molecular weight is 294 g/mol. The molecule has 0 radical (unpaired) electrons. The van der Waals surface area contributed by atoms with E-state index in [-0.39, 0.29) is 30.0 Å². The van der Waals surface area contributed by atoms with Gasteiger partial charge in [-0.05, 0) is 50.9 Å². The molecule has 1 aromatic rings. The molecule has 0 aromatic heterocycles. The van der Waals surface area contributed by atoms with E-state index in [4.69, 9.17) is 10.5 Å². The standard InChI is InChI=1S/C16H23FN2O2/c1-16(2,3)15(20)21-13-8-11(9-18)14(19-13)10-4-6-12(17)7-5-10/h4-7,11,13-14,19H,8-9,18H2,1-3H3. The lowest BCUT2D eigenvalue weighted by Gasteiger charge is -2.21. The van der Waals surface area contributed by atoms with Gasteiger partial charge in [-0.3, -0.25) is 10.1 Å². The molecule has 2 rings (SSSR count). The first-order valence-electron chi connectivity index (χ1n) is 7.24. The number of carbonyl (C=O) groups is 1. The van der Waals surface area contributed by atoms with Crippen LogP contribution in [0.1, 0.15) is 38.8 Å². The predicted molar refractivity (Wildman–Crippen MR) is 78.8 cm³/mol. The maximum Gasteiger partial charge on any atom is 0.312 e. The number of benzene rings is 1. The lowest BCUT2D eigenvalue weighted by atomic mass is 9.94. The number of hydrogen-bond donors (Lipinski definition) is 2. The average Bonchev–Trinajstić information content (AvgIpc) is 2.81. The second kappa shape index (κ2) is 6.12. The molecule has 1 aromatic carbocycles. The smallest absolute Gasteiger partial charge is 0.312 e. The molecule has 0 bridgehead atoms. The quantitative estimate of drug-likeness (QED) is 0.840. The van der Waals surface area contributed by atoms with Crippen LogP contribution in [0.2, 0.25) is 0 Å². The number of halogens is 1. The molecular weight excluding hydrogens is 271 g/mol. The van der Waals surface area contributed by atoms with Crippen LogP contribution < -0.4 is 11.1 Å². The zero-order valence-corrected chi connectivity index (χ0v) is 12.7. The molecule has 1 aliphatic rings. The lowest BCUT2D eigenvalue weighted by molar-refractivity contribution is -0.159. The Balaban J connectivity index is 2.07. The van der Waals surface area contributed by atoms with Crippen LogP contribution in [0.4, 0.5) is 4.39 Å². The molecule has 0 amide bonds. The van der Waals surface area contributed by atoms with Crippen molar-refractivity contribution in [1.29, 1.82) is 0 Å². The van der Waals surface area contributed by atoms with Crippen molar-refractivity contribution in [1.82, 2.24) is 5.32 Å². The SMILES string of the molecule is CC(C)(C)C(=O)OC1CC(CN)C(c2ccc(F)cc2)N1. The molecular formula is C16H23FN2O2. The largest absolute Gasteiger partial charge is 0.446 e. The Hall–Kier alpha value is -1.46. The summed E-state index contributed by atoms with van der Waals surface area (Å²) in [5.74, 6) is -0.347. The first kappa shape index (κ1) is 15.9.